The van der Waals surface area contributed by atoms with E-state index in [0.29, 0.717) is 16.7 Å². The molecule has 0 amide bonds. The van der Waals surface area contributed by atoms with Gasteiger partial charge in [-0.2, -0.15) is 0 Å². The summed E-state index contributed by atoms with van der Waals surface area (Å²) in [5.74, 6) is 2.06. The van der Waals surface area contributed by atoms with Crippen molar-refractivity contribution in [3.8, 4) is 11.4 Å². The standard InChI is InChI=1S/C19H19ClN4/c1-13(2)21-17-12-18(22-14-8-4-3-5-9-14)24-19(23-17)15-10-6-7-11-16(15)20/h3-13H,1-2H3,(H2,21,22,23,24). The molecule has 0 radical (unpaired) electrons. The highest BCUT2D eigenvalue weighted by molar-refractivity contribution is 6.33. The summed E-state index contributed by atoms with van der Waals surface area (Å²) in [5, 5.41) is 7.27. The Labute approximate surface area is 146 Å². The van der Waals surface area contributed by atoms with Gasteiger partial charge in [-0.15, -0.1) is 0 Å². The molecular formula is C19H19ClN4. The third-order valence-electron chi connectivity index (χ3n) is 3.32. The van der Waals surface area contributed by atoms with Gasteiger partial charge in [0.2, 0.25) is 0 Å². The van der Waals surface area contributed by atoms with Crippen molar-refractivity contribution in [2.75, 3.05) is 10.6 Å². The summed E-state index contributed by atoms with van der Waals surface area (Å²) in [7, 11) is 0. The van der Waals surface area contributed by atoms with E-state index in [-0.39, 0.29) is 6.04 Å². The van der Waals surface area contributed by atoms with Crippen LogP contribution in [0.2, 0.25) is 5.02 Å². The second-order valence-corrected chi connectivity index (χ2v) is 6.14. The summed E-state index contributed by atoms with van der Waals surface area (Å²) in [6, 6.07) is 19.7. The zero-order valence-electron chi connectivity index (χ0n) is 13.6. The average molecular weight is 339 g/mol. The normalized spacial score (nSPS) is 10.7. The van der Waals surface area contributed by atoms with E-state index in [1.54, 1.807) is 0 Å². The van der Waals surface area contributed by atoms with Gasteiger partial charge in [0.25, 0.3) is 0 Å². The molecule has 0 unspecified atom stereocenters. The van der Waals surface area contributed by atoms with Gasteiger partial charge < -0.3 is 10.6 Å². The predicted octanol–water partition coefficient (Wildman–Crippen LogP) is 5.36. The molecule has 4 nitrogen and oxygen atoms in total. The van der Waals surface area contributed by atoms with Gasteiger partial charge in [0.1, 0.15) is 11.6 Å². The van der Waals surface area contributed by atoms with Crippen molar-refractivity contribution in [2.24, 2.45) is 0 Å². The molecule has 3 aromatic rings. The Hall–Kier alpha value is -2.59. The first kappa shape index (κ1) is 16.3. The number of rotatable bonds is 5. The van der Waals surface area contributed by atoms with Crippen molar-refractivity contribution in [2.45, 2.75) is 19.9 Å². The van der Waals surface area contributed by atoms with Gasteiger partial charge in [0.05, 0.1) is 5.02 Å². The Morgan fingerprint density at radius 1 is 0.875 bits per heavy atom. The van der Waals surface area contributed by atoms with E-state index in [2.05, 4.69) is 34.4 Å². The fourth-order valence-corrected chi connectivity index (χ4v) is 2.53. The molecule has 1 heterocycles. The highest BCUT2D eigenvalue weighted by Crippen LogP contribution is 2.28. The fraction of sp³-hybridized carbons (Fsp3) is 0.158. The van der Waals surface area contributed by atoms with Crippen LogP contribution in [0.4, 0.5) is 17.3 Å². The van der Waals surface area contributed by atoms with Crippen LogP contribution in [0.5, 0.6) is 0 Å². The quantitative estimate of drug-likeness (QED) is 0.657. The fourth-order valence-electron chi connectivity index (χ4n) is 2.31. The molecule has 122 valence electrons. The van der Waals surface area contributed by atoms with Gasteiger partial charge in [0.15, 0.2) is 5.82 Å². The minimum Gasteiger partial charge on any atom is -0.368 e. The highest BCUT2D eigenvalue weighted by Gasteiger charge is 2.10. The first-order valence-corrected chi connectivity index (χ1v) is 8.22. The molecule has 0 spiro atoms. The monoisotopic (exact) mass is 338 g/mol. The van der Waals surface area contributed by atoms with E-state index in [9.17, 15) is 0 Å². The van der Waals surface area contributed by atoms with E-state index in [1.807, 2.05) is 60.7 Å². The summed E-state index contributed by atoms with van der Waals surface area (Å²) in [6.45, 7) is 4.14. The van der Waals surface area contributed by atoms with E-state index in [1.165, 1.54) is 0 Å². The number of aromatic nitrogens is 2. The number of benzene rings is 2. The lowest BCUT2D eigenvalue weighted by molar-refractivity contribution is 0.887. The summed E-state index contributed by atoms with van der Waals surface area (Å²) >= 11 is 6.31. The molecule has 2 N–H and O–H groups in total. The number of nitrogens with zero attached hydrogens (tertiary/aromatic N) is 2. The van der Waals surface area contributed by atoms with E-state index in [4.69, 9.17) is 11.6 Å². The number of para-hydroxylation sites is 1. The number of hydrogen-bond acceptors (Lipinski definition) is 4. The Morgan fingerprint density at radius 2 is 1.54 bits per heavy atom. The summed E-state index contributed by atoms with van der Waals surface area (Å²) < 4.78 is 0. The lowest BCUT2D eigenvalue weighted by atomic mass is 10.2. The third-order valence-corrected chi connectivity index (χ3v) is 3.65. The van der Waals surface area contributed by atoms with E-state index >= 15 is 0 Å². The minimum absolute atomic E-state index is 0.267. The van der Waals surface area contributed by atoms with Crippen molar-refractivity contribution in [3.05, 3.63) is 65.7 Å². The molecule has 0 aliphatic carbocycles. The van der Waals surface area contributed by atoms with Crippen LogP contribution in [0.1, 0.15) is 13.8 Å². The van der Waals surface area contributed by atoms with Crippen LogP contribution in [0, 0.1) is 0 Å². The van der Waals surface area contributed by atoms with Gasteiger partial charge in [0, 0.05) is 23.4 Å². The maximum atomic E-state index is 6.31. The second kappa shape index (κ2) is 7.32. The Kier molecular flexibility index (Phi) is 4.96. The molecule has 0 atom stereocenters. The van der Waals surface area contributed by atoms with Crippen molar-refractivity contribution >= 4 is 28.9 Å². The van der Waals surface area contributed by atoms with Crippen LogP contribution in [0.25, 0.3) is 11.4 Å². The molecule has 0 saturated carbocycles. The smallest absolute Gasteiger partial charge is 0.165 e. The Balaban J connectivity index is 2.02. The van der Waals surface area contributed by atoms with Crippen LogP contribution in [0.15, 0.2) is 60.7 Å². The van der Waals surface area contributed by atoms with E-state index < -0.39 is 0 Å². The molecule has 5 heteroatoms. The SMILES string of the molecule is CC(C)Nc1cc(Nc2ccccc2)nc(-c2ccccc2Cl)n1. The van der Waals surface area contributed by atoms with Crippen molar-refractivity contribution < 1.29 is 0 Å². The molecule has 3 rings (SSSR count). The Morgan fingerprint density at radius 3 is 2.25 bits per heavy atom. The topological polar surface area (TPSA) is 49.8 Å². The number of halogens is 1. The van der Waals surface area contributed by atoms with Gasteiger partial charge >= 0.3 is 0 Å². The lowest BCUT2D eigenvalue weighted by Crippen LogP contribution is -2.12. The molecule has 0 aliphatic heterocycles. The van der Waals surface area contributed by atoms with Crippen LogP contribution in [0.3, 0.4) is 0 Å². The van der Waals surface area contributed by atoms with Gasteiger partial charge in [-0.3, -0.25) is 0 Å². The van der Waals surface area contributed by atoms with Crippen LogP contribution in [-0.2, 0) is 0 Å². The Bertz CT molecular complexity index is 819. The zero-order valence-corrected chi connectivity index (χ0v) is 14.4. The molecule has 1 aromatic heterocycles. The maximum absolute atomic E-state index is 6.31. The van der Waals surface area contributed by atoms with E-state index in [0.717, 1.165) is 17.1 Å². The molecule has 0 saturated heterocycles. The van der Waals surface area contributed by atoms with Crippen molar-refractivity contribution in [1.82, 2.24) is 9.97 Å². The number of nitrogens with one attached hydrogen (secondary N) is 2. The molecule has 24 heavy (non-hydrogen) atoms. The summed E-state index contributed by atoms with van der Waals surface area (Å²) in [5.41, 5.74) is 1.78. The van der Waals surface area contributed by atoms with Crippen LogP contribution < -0.4 is 10.6 Å². The molecule has 0 bridgehead atoms. The highest BCUT2D eigenvalue weighted by atomic mass is 35.5. The molecule has 0 fully saturated rings. The minimum atomic E-state index is 0.267. The summed E-state index contributed by atoms with van der Waals surface area (Å²) in [6.07, 6.45) is 0. The lowest BCUT2D eigenvalue weighted by Gasteiger charge is -2.14. The average Bonchev–Trinajstić information content (AvgIpc) is 2.55. The molecule has 0 aliphatic rings. The van der Waals surface area contributed by atoms with Crippen LogP contribution >= 0.6 is 11.6 Å². The van der Waals surface area contributed by atoms with Gasteiger partial charge in [-0.1, -0.05) is 41.9 Å². The molecular weight excluding hydrogens is 320 g/mol. The number of hydrogen-bond donors (Lipinski definition) is 2. The largest absolute Gasteiger partial charge is 0.368 e. The van der Waals surface area contributed by atoms with Crippen molar-refractivity contribution in [1.29, 1.82) is 0 Å². The van der Waals surface area contributed by atoms with Crippen molar-refractivity contribution in [3.63, 3.8) is 0 Å². The zero-order chi connectivity index (χ0) is 16.9. The molecule has 2 aromatic carbocycles. The third kappa shape index (κ3) is 4.03. The predicted molar refractivity (Wildman–Crippen MR) is 101 cm³/mol. The second-order valence-electron chi connectivity index (χ2n) is 5.73. The van der Waals surface area contributed by atoms with Crippen LogP contribution in [-0.4, -0.2) is 16.0 Å². The van der Waals surface area contributed by atoms with Gasteiger partial charge in [-0.05, 0) is 38.1 Å². The first-order valence-electron chi connectivity index (χ1n) is 7.84. The summed E-state index contributed by atoms with van der Waals surface area (Å²) in [4.78, 5) is 9.22. The van der Waals surface area contributed by atoms with Gasteiger partial charge in [-0.25, -0.2) is 9.97 Å². The first-order chi connectivity index (χ1) is 11.6. The number of anilines is 3. The maximum Gasteiger partial charge on any atom is 0.165 e.